The minimum Gasteiger partial charge on any atom is -0.389 e. The molecule has 1 saturated heterocycles. The van der Waals surface area contributed by atoms with E-state index in [2.05, 4.69) is 5.32 Å². The largest absolute Gasteiger partial charge is 0.389 e. The third kappa shape index (κ3) is 4.83. The average Bonchev–Trinajstić information content (AvgIpc) is 2.94. The van der Waals surface area contributed by atoms with Gasteiger partial charge in [-0.2, -0.15) is 0 Å². The summed E-state index contributed by atoms with van der Waals surface area (Å²) in [5.74, 6) is -0.136. The zero-order valence-electron chi connectivity index (χ0n) is 16.9. The molecule has 1 aliphatic rings. The van der Waals surface area contributed by atoms with Gasteiger partial charge in [-0.3, -0.25) is 9.69 Å². The Morgan fingerprint density at radius 3 is 2.28 bits per heavy atom. The van der Waals surface area contributed by atoms with E-state index in [4.69, 9.17) is 4.74 Å². The summed E-state index contributed by atoms with van der Waals surface area (Å²) in [6, 6.07) is 18.4. The normalized spacial score (nSPS) is 20.2. The highest BCUT2D eigenvalue weighted by atomic mass is 16.5. The van der Waals surface area contributed by atoms with Gasteiger partial charge in [0, 0.05) is 0 Å². The van der Waals surface area contributed by atoms with E-state index in [-0.39, 0.29) is 25.0 Å². The second-order valence-corrected chi connectivity index (χ2v) is 7.87. The first-order valence-electron chi connectivity index (χ1n) is 9.92. The molecule has 0 bridgehead atoms. The molecule has 0 spiro atoms. The van der Waals surface area contributed by atoms with Crippen LogP contribution in [0.4, 0.5) is 4.79 Å². The number of carbonyl (C=O) groups is 2. The Morgan fingerprint density at radius 1 is 1.03 bits per heavy atom. The van der Waals surface area contributed by atoms with Gasteiger partial charge in [-0.1, -0.05) is 74.5 Å². The average molecular weight is 396 g/mol. The van der Waals surface area contributed by atoms with Crippen LogP contribution in [0, 0.1) is 5.92 Å². The molecular weight excluding hydrogens is 368 g/mol. The highest BCUT2D eigenvalue weighted by Gasteiger charge is 2.52. The van der Waals surface area contributed by atoms with Crippen molar-refractivity contribution in [3.8, 4) is 0 Å². The molecular formula is C23H28N2O4. The van der Waals surface area contributed by atoms with Crippen molar-refractivity contribution in [2.75, 3.05) is 13.2 Å². The SMILES string of the molecule is CC(C)C[C@@]1(c2ccccc2)NC(=O)N(C[C@@H](O)COCc2ccccc2)C1=O. The van der Waals surface area contributed by atoms with E-state index in [0.717, 1.165) is 16.0 Å². The van der Waals surface area contributed by atoms with Crippen molar-refractivity contribution < 1.29 is 19.4 Å². The van der Waals surface area contributed by atoms with Gasteiger partial charge in [0.25, 0.3) is 5.91 Å². The van der Waals surface area contributed by atoms with Crippen molar-refractivity contribution in [1.29, 1.82) is 0 Å². The predicted molar refractivity (Wildman–Crippen MR) is 110 cm³/mol. The van der Waals surface area contributed by atoms with Crippen LogP contribution in [0.2, 0.25) is 0 Å². The Labute approximate surface area is 171 Å². The number of amides is 3. The van der Waals surface area contributed by atoms with Crippen molar-refractivity contribution in [2.45, 2.75) is 38.5 Å². The number of β-amino-alcohol motifs (C(OH)–C–C–N with tert-alkyl or cyclic N) is 1. The number of nitrogens with one attached hydrogen (secondary N) is 1. The van der Waals surface area contributed by atoms with Gasteiger partial charge in [-0.05, 0) is 23.5 Å². The number of hydrogen-bond donors (Lipinski definition) is 2. The molecule has 2 aromatic rings. The minimum absolute atomic E-state index is 0.0362. The van der Waals surface area contributed by atoms with Gasteiger partial charge in [0.1, 0.15) is 5.54 Å². The van der Waals surface area contributed by atoms with Crippen molar-refractivity contribution in [3.63, 3.8) is 0 Å². The second kappa shape index (κ2) is 9.20. The lowest BCUT2D eigenvalue weighted by Gasteiger charge is -2.29. The number of aliphatic hydroxyl groups is 1. The fourth-order valence-corrected chi connectivity index (χ4v) is 3.73. The van der Waals surface area contributed by atoms with E-state index >= 15 is 0 Å². The molecule has 1 fully saturated rings. The molecule has 3 rings (SSSR count). The summed E-state index contributed by atoms with van der Waals surface area (Å²) >= 11 is 0. The smallest absolute Gasteiger partial charge is 0.325 e. The van der Waals surface area contributed by atoms with Crippen LogP contribution in [0.15, 0.2) is 60.7 Å². The number of aliphatic hydroxyl groups excluding tert-OH is 1. The summed E-state index contributed by atoms with van der Waals surface area (Å²) in [5.41, 5.74) is 0.649. The van der Waals surface area contributed by atoms with Crippen LogP contribution >= 0.6 is 0 Å². The quantitative estimate of drug-likeness (QED) is 0.639. The summed E-state index contributed by atoms with van der Waals surface area (Å²) in [6.07, 6.45) is -0.474. The van der Waals surface area contributed by atoms with E-state index in [1.165, 1.54) is 0 Å². The topological polar surface area (TPSA) is 78.9 Å². The lowest BCUT2D eigenvalue weighted by molar-refractivity contribution is -0.133. The van der Waals surface area contributed by atoms with Crippen LogP contribution in [-0.4, -0.2) is 41.2 Å². The lowest BCUT2D eigenvalue weighted by Crippen LogP contribution is -2.45. The second-order valence-electron chi connectivity index (χ2n) is 7.87. The number of nitrogens with zero attached hydrogens (tertiary/aromatic N) is 1. The van der Waals surface area contributed by atoms with E-state index < -0.39 is 17.7 Å². The maximum Gasteiger partial charge on any atom is 0.325 e. The van der Waals surface area contributed by atoms with Crippen LogP contribution in [0.3, 0.4) is 0 Å². The first-order valence-corrected chi connectivity index (χ1v) is 9.92. The lowest BCUT2D eigenvalue weighted by atomic mass is 9.82. The number of carbonyl (C=O) groups excluding carboxylic acids is 2. The molecule has 3 amide bonds. The van der Waals surface area contributed by atoms with Gasteiger partial charge in [-0.25, -0.2) is 4.79 Å². The standard InChI is InChI=1S/C23H28N2O4/c1-17(2)13-23(19-11-7-4-8-12-19)21(27)25(22(28)24-23)14-20(26)16-29-15-18-9-5-3-6-10-18/h3-12,17,20,26H,13-16H2,1-2H3,(H,24,28)/t20-,23+/m1/s1. The van der Waals surface area contributed by atoms with Gasteiger partial charge in [0.05, 0.1) is 25.9 Å². The van der Waals surface area contributed by atoms with Crippen LogP contribution < -0.4 is 5.32 Å². The van der Waals surface area contributed by atoms with Gasteiger partial charge >= 0.3 is 6.03 Å². The van der Waals surface area contributed by atoms with Crippen LogP contribution in [0.1, 0.15) is 31.4 Å². The Bertz CT molecular complexity index is 825. The first-order chi connectivity index (χ1) is 13.9. The monoisotopic (exact) mass is 396 g/mol. The number of ether oxygens (including phenoxy) is 1. The highest BCUT2D eigenvalue weighted by Crippen LogP contribution is 2.35. The highest BCUT2D eigenvalue weighted by molar-refractivity contribution is 6.07. The molecule has 29 heavy (non-hydrogen) atoms. The van der Waals surface area contributed by atoms with Gasteiger partial charge in [0.15, 0.2) is 0 Å². The Morgan fingerprint density at radius 2 is 1.66 bits per heavy atom. The Balaban J connectivity index is 1.67. The maximum absolute atomic E-state index is 13.3. The molecule has 0 aromatic heterocycles. The fourth-order valence-electron chi connectivity index (χ4n) is 3.73. The van der Waals surface area contributed by atoms with Crippen molar-refractivity contribution in [1.82, 2.24) is 10.2 Å². The predicted octanol–water partition coefficient (Wildman–Crippen LogP) is 3.06. The van der Waals surface area contributed by atoms with Crippen molar-refractivity contribution in [2.24, 2.45) is 5.92 Å². The molecule has 2 aromatic carbocycles. The minimum atomic E-state index is -1.10. The summed E-state index contributed by atoms with van der Waals surface area (Å²) in [7, 11) is 0. The molecule has 1 heterocycles. The van der Waals surface area contributed by atoms with Crippen molar-refractivity contribution in [3.05, 3.63) is 71.8 Å². The molecule has 6 heteroatoms. The third-order valence-corrected chi connectivity index (χ3v) is 4.97. The van der Waals surface area contributed by atoms with Gasteiger partial charge in [-0.15, -0.1) is 0 Å². The first kappa shape index (κ1) is 21.0. The van der Waals surface area contributed by atoms with Gasteiger partial charge in [0.2, 0.25) is 0 Å². The van der Waals surface area contributed by atoms with Crippen LogP contribution in [0.25, 0.3) is 0 Å². The molecule has 2 N–H and O–H groups in total. The fraction of sp³-hybridized carbons (Fsp3) is 0.391. The maximum atomic E-state index is 13.3. The van der Waals surface area contributed by atoms with E-state index in [0.29, 0.717) is 13.0 Å². The molecule has 154 valence electrons. The Hall–Kier alpha value is -2.70. The van der Waals surface area contributed by atoms with Crippen LogP contribution in [-0.2, 0) is 21.7 Å². The zero-order chi connectivity index (χ0) is 20.9. The van der Waals surface area contributed by atoms with E-state index in [1.807, 2.05) is 74.5 Å². The Kier molecular flexibility index (Phi) is 6.67. The summed E-state index contributed by atoms with van der Waals surface area (Å²) < 4.78 is 5.54. The molecule has 0 aliphatic carbocycles. The van der Waals surface area contributed by atoms with E-state index in [1.54, 1.807) is 0 Å². The molecule has 2 atom stereocenters. The third-order valence-electron chi connectivity index (χ3n) is 4.97. The summed E-state index contributed by atoms with van der Waals surface area (Å²) in [6.45, 7) is 4.32. The number of benzene rings is 2. The van der Waals surface area contributed by atoms with E-state index in [9.17, 15) is 14.7 Å². The zero-order valence-corrected chi connectivity index (χ0v) is 16.9. The number of rotatable bonds is 9. The van der Waals surface area contributed by atoms with Crippen molar-refractivity contribution >= 4 is 11.9 Å². The number of urea groups is 1. The molecule has 0 radical (unpaired) electrons. The summed E-state index contributed by atoms with van der Waals surface area (Å²) in [5, 5.41) is 13.2. The van der Waals surface area contributed by atoms with Gasteiger partial charge < -0.3 is 15.2 Å². The molecule has 0 saturated carbocycles. The molecule has 1 aliphatic heterocycles. The molecule has 0 unspecified atom stereocenters. The number of hydrogen-bond acceptors (Lipinski definition) is 4. The number of imide groups is 1. The molecule has 6 nitrogen and oxygen atoms in total. The summed E-state index contributed by atoms with van der Waals surface area (Å²) in [4.78, 5) is 27.0. The van der Waals surface area contributed by atoms with Crippen LogP contribution in [0.5, 0.6) is 0 Å².